The molecule has 1 unspecified atom stereocenters. The lowest BCUT2D eigenvalue weighted by atomic mass is 10.0. The van der Waals surface area contributed by atoms with Crippen LogP contribution in [-0.2, 0) is 10.0 Å². The molecule has 0 aliphatic carbocycles. The van der Waals surface area contributed by atoms with Gasteiger partial charge in [-0.15, -0.1) is 0 Å². The normalized spacial score (nSPS) is 13.8. The third kappa shape index (κ3) is 3.97. The Kier molecular flexibility index (Phi) is 5.61. The predicted molar refractivity (Wildman–Crippen MR) is 71.7 cm³/mol. The largest absolute Gasteiger partial charge is 0.396 e. The van der Waals surface area contributed by atoms with Gasteiger partial charge in [-0.1, -0.05) is 13.8 Å². The highest BCUT2D eigenvalue weighted by Crippen LogP contribution is 2.20. The molecule has 0 radical (unpaired) electrons. The number of hydrogen-bond donors (Lipinski definition) is 2. The van der Waals surface area contributed by atoms with Crippen molar-refractivity contribution in [1.82, 2.24) is 4.72 Å². The number of aliphatic hydroxyl groups is 1. The monoisotopic (exact) mass is 307 g/mol. The minimum Gasteiger partial charge on any atom is -0.396 e. The highest BCUT2D eigenvalue weighted by Gasteiger charge is 2.25. The van der Waals surface area contributed by atoms with E-state index in [1.807, 2.05) is 0 Å². The van der Waals surface area contributed by atoms with Gasteiger partial charge in [0.05, 0.1) is 0 Å². The molecule has 1 aromatic carbocycles. The molecule has 0 amide bonds. The second-order valence-electron chi connectivity index (χ2n) is 5.02. The van der Waals surface area contributed by atoms with Crippen LogP contribution in [-0.4, -0.2) is 26.2 Å². The quantitative estimate of drug-likeness (QED) is 0.844. The smallest absolute Gasteiger partial charge is 0.243 e. The van der Waals surface area contributed by atoms with Crippen molar-refractivity contribution < 1.29 is 22.3 Å². The van der Waals surface area contributed by atoms with Crippen molar-refractivity contribution in [2.24, 2.45) is 5.92 Å². The summed E-state index contributed by atoms with van der Waals surface area (Å²) in [5, 5.41) is 8.92. The number of aryl methyl sites for hydroxylation is 1. The van der Waals surface area contributed by atoms with Gasteiger partial charge in [0, 0.05) is 12.6 Å². The van der Waals surface area contributed by atoms with Gasteiger partial charge in [0.15, 0.2) is 0 Å². The number of rotatable bonds is 6. The molecule has 1 atom stereocenters. The number of aliphatic hydroxyl groups excluding tert-OH is 1. The molecule has 4 nitrogen and oxygen atoms in total. The Balaban J connectivity index is 3.13. The first-order valence-corrected chi connectivity index (χ1v) is 7.76. The molecule has 0 aliphatic rings. The van der Waals surface area contributed by atoms with Crippen molar-refractivity contribution in [3.05, 3.63) is 29.3 Å². The fraction of sp³-hybridized carbons (Fsp3) is 0.538. The number of nitrogens with one attached hydrogen (secondary N) is 1. The number of sulfonamides is 1. The van der Waals surface area contributed by atoms with Crippen molar-refractivity contribution >= 4 is 10.0 Å². The summed E-state index contributed by atoms with van der Waals surface area (Å²) in [6.07, 6.45) is 0.201. The van der Waals surface area contributed by atoms with E-state index in [0.717, 1.165) is 6.07 Å². The van der Waals surface area contributed by atoms with Crippen LogP contribution in [0.25, 0.3) is 0 Å². The second-order valence-corrected chi connectivity index (χ2v) is 6.70. The Hall–Kier alpha value is -1.05. The molecule has 2 N–H and O–H groups in total. The van der Waals surface area contributed by atoms with E-state index in [-0.39, 0.29) is 24.5 Å². The first kappa shape index (κ1) is 17.0. The Labute approximate surface area is 117 Å². The third-order valence-corrected chi connectivity index (χ3v) is 4.56. The molecule has 0 heterocycles. The lowest BCUT2D eigenvalue weighted by Crippen LogP contribution is -2.39. The summed E-state index contributed by atoms with van der Waals surface area (Å²) in [4.78, 5) is -0.718. The molecule has 20 heavy (non-hydrogen) atoms. The van der Waals surface area contributed by atoms with Crippen LogP contribution in [0.15, 0.2) is 17.0 Å². The highest BCUT2D eigenvalue weighted by atomic mass is 32.2. The summed E-state index contributed by atoms with van der Waals surface area (Å²) in [7, 11) is -4.17. The van der Waals surface area contributed by atoms with E-state index in [0.29, 0.717) is 6.07 Å². The maximum absolute atomic E-state index is 13.7. The minimum absolute atomic E-state index is 0.0391. The standard InChI is InChI=1S/C13H19F2NO3S/c1-8(2)12(4-5-17)16-20(18,19)13-7-10(14)9(3)6-11(13)15/h6-8,12,16-17H,4-5H2,1-3H3. The van der Waals surface area contributed by atoms with Crippen LogP contribution in [0, 0.1) is 24.5 Å². The molecule has 0 bridgehead atoms. The van der Waals surface area contributed by atoms with E-state index in [1.165, 1.54) is 6.92 Å². The van der Waals surface area contributed by atoms with Crippen molar-refractivity contribution in [2.45, 2.75) is 38.1 Å². The summed E-state index contributed by atoms with van der Waals surface area (Å²) < 4.78 is 53.7. The Bertz CT molecular complexity index is 573. The van der Waals surface area contributed by atoms with Crippen molar-refractivity contribution in [3.63, 3.8) is 0 Å². The molecular formula is C13H19F2NO3S. The summed E-state index contributed by atoms with van der Waals surface area (Å²) in [6.45, 7) is 4.70. The molecule has 1 rings (SSSR count). The molecule has 0 saturated heterocycles. The van der Waals surface area contributed by atoms with Crippen molar-refractivity contribution in [2.75, 3.05) is 6.61 Å². The minimum atomic E-state index is -4.17. The van der Waals surface area contributed by atoms with E-state index >= 15 is 0 Å². The van der Waals surface area contributed by atoms with Gasteiger partial charge in [-0.25, -0.2) is 21.9 Å². The molecule has 114 valence electrons. The van der Waals surface area contributed by atoms with Crippen molar-refractivity contribution in [1.29, 1.82) is 0 Å². The SMILES string of the molecule is Cc1cc(F)c(S(=O)(=O)NC(CCO)C(C)C)cc1F. The maximum Gasteiger partial charge on any atom is 0.243 e. The summed E-state index contributed by atoms with van der Waals surface area (Å²) in [5.74, 6) is -1.87. The lowest BCUT2D eigenvalue weighted by molar-refractivity contribution is 0.255. The molecule has 7 heteroatoms. The van der Waals surface area contributed by atoms with Gasteiger partial charge in [-0.3, -0.25) is 0 Å². The molecule has 0 fully saturated rings. The highest BCUT2D eigenvalue weighted by molar-refractivity contribution is 7.89. The Morgan fingerprint density at radius 3 is 2.35 bits per heavy atom. The third-order valence-electron chi connectivity index (χ3n) is 3.05. The first-order valence-electron chi connectivity index (χ1n) is 6.28. The lowest BCUT2D eigenvalue weighted by Gasteiger charge is -2.21. The predicted octanol–water partition coefficient (Wildman–Crippen LogP) is 1.96. The van der Waals surface area contributed by atoms with Gasteiger partial charge < -0.3 is 5.11 Å². The zero-order chi connectivity index (χ0) is 15.5. The molecule has 0 spiro atoms. The molecular weight excluding hydrogens is 288 g/mol. The van der Waals surface area contributed by atoms with E-state index in [4.69, 9.17) is 5.11 Å². The maximum atomic E-state index is 13.7. The van der Waals surface area contributed by atoms with Gasteiger partial charge in [-0.2, -0.15) is 0 Å². The molecule has 0 saturated carbocycles. The van der Waals surface area contributed by atoms with Gasteiger partial charge in [0.25, 0.3) is 0 Å². The van der Waals surface area contributed by atoms with Crippen molar-refractivity contribution in [3.8, 4) is 0 Å². The zero-order valence-corrected chi connectivity index (χ0v) is 12.5. The van der Waals surface area contributed by atoms with Crippen LogP contribution in [0.2, 0.25) is 0 Å². The van der Waals surface area contributed by atoms with E-state index < -0.39 is 32.6 Å². The molecule has 0 aliphatic heterocycles. The summed E-state index contributed by atoms with van der Waals surface area (Å²) in [5.41, 5.74) is 0.0391. The van der Waals surface area contributed by atoms with Gasteiger partial charge in [-0.05, 0) is 37.0 Å². The van der Waals surface area contributed by atoms with Gasteiger partial charge >= 0.3 is 0 Å². The van der Waals surface area contributed by atoms with Crippen LogP contribution in [0.3, 0.4) is 0 Å². The van der Waals surface area contributed by atoms with Crippen LogP contribution >= 0.6 is 0 Å². The van der Waals surface area contributed by atoms with Gasteiger partial charge in [0.2, 0.25) is 10.0 Å². The van der Waals surface area contributed by atoms with Crippen LogP contribution in [0.1, 0.15) is 25.8 Å². The second kappa shape index (κ2) is 6.60. The van der Waals surface area contributed by atoms with Crippen LogP contribution in [0.5, 0.6) is 0 Å². The summed E-state index contributed by atoms with van der Waals surface area (Å²) >= 11 is 0. The topological polar surface area (TPSA) is 66.4 Å². The average Bonchev–Trinajstić information content (AvgIpc) is 2.32. The van der Waals surface area contributed by atoms with E-state index in [9.17, 15) is 17.2 Å². The molecule has 1 aromatic rings. The molecule has 0 aromatic heterocycles. The fourth-order valence-electron chi connectivity index (χ4n) is 1.76. The zero-order valence-electron chi connectivity index (χ0n) is 11.7. The first-order chi connectivity index (χ1) is 9.19. The Morgan fingerprint density at radius 2 is 1.85 bits per heavy atom. The number of halogens is 2. The number of hydrogen-bond acceptors (Lipinski definition) is 3. The summed E-state index contributed by atoms with van der Waals surface area (Å²) in [6, 6.07) is 0.970. The number of benzene rings is 1. The fourth-order valence-corrected chi connectivity index (χ4v) is 3.25. The van der Waals surface area contributed by atoms with Gasteiger partial charge in [0.1, 0.15) is 16.5 Å². The average molecular weight is 307 g/mol. The van der Waals surface area contributed by atoms with E-state index in [1.54, 1.807) is 13.8 Å². The van der Waals surface area contributed by atoms with Crippen LogP contribution in [0.4, 0.5) is 8.78 Å². The van der Waals surface area contributed by atoms with E-state index in [2.05, 4.69) is 4.72 Å². The Morgan fingerprint density at radius 1 is 1.25 bits per heavy atom. The van der Waals surface area contributed by atoms with Crippen LogP contribution < -0.4 is 4.72 Å².